The van der Waals surface area contributed by atoms with E-state index >= 15 is 0 Å². The maximum Gasteiger partial charge on any atom is 0.114 e. The summed E-state index contributed by atoms with van der Waals surface area (Å²) in [4.78, 5) is 0. The van der Waals surface area contributed by atoms with Crippen LogP contribution in [0.3, 0.4) is 0 Å². The third-order valence-electron chi connectivity index (χ3n) is 4.74. The first kappa shape index (κ1) is 22.6. The van der Waals surface area contributed by atoms with E-state index < -0.39 is 24.4 Å². The number of aliphatic hydroxyl groups excluding tert-OH is 3. The van der Waals surface area contributed by atoms with Gasteiger partial charge in [0, 0.05) is 0 Å². The lowest BCUT2D eigenvalue weighted by Crippen LogP contribution is -2.42. The molecule has 0 aromatic carbocycles. The molecule has 5 nitrogen and oxygen atoms in total. The molecule has 0 bridgehead atoms. The summed E-state index contributed by atoms with van der Waals surface area (Å²) in [6.45, 7) is 2.58. The summed E-state index contributed by atoms with van der Waals surface area (Å²) in [7, 11) is 0. The number of unbranched alkanes of at least 4 members (excludes halogenated alkanes) is 8. The maximum atomic E-state index is 9.78. The molecule has 0 aromatic heterocycles. The molecule has 0 amide bonds. The van der Waals surface area contributed by atoms with Crippen LogP contribution < -0.4 is 0 Å². The Hall–Kier alpha value is -0.460. The molecule has 0 saturated carbocycles. The first-order valence-corrected chi connectivity index (χ1v) is 10.1. The van der Waals surface area contributed by atoms with Gasteiger partial charge in [-0.3, -0.25) is 0 Å². The van der Waals surface area contributed by atoms with Crippen LogP contribution in [-0.4, -0.2) is 59.6 Å². The monoisotopic (exact) mass is 358 g/mol. The van der Waals surface area contributed by atoms with Crippen LogP contribution in [0.15, 0.2) is 12.2 Å². The quantitative estimate of drug-likeness (QED) is 0.310. The predicted octanol–water partition coefficient (Wildman–Crippen LogP) is 2.96. The van der Waals surface area contributed by atoms with Crippen LogP contribution >= 0.6 is 0 Å². The van der Waals surface area contributed by atoms with Gasteiger partial charge in [0.2, 0.25) is 0 Å². The molecule has 1 aliphatic heterocycles. The van der Waals surface area contributed by atoms with Gasteiger partial charge >= 0.3 is 0 Å². The number of hydrogen-bond donors (Lipinski definition) is 3. The lowest BCUT2D eigenvalue weighted by molar-refractivity contribution is -0.0996. The summed E-state index contributed by atoms with van der Waals surface area (Å²) in [6, 6.07) is 0. The smallest absolute Gasteiger partial charge is 0.114 e. The van der Waals surface area contributed by atoms with Gasteiger partial charge in [-0.25, -0.2) is 0 Å². The van der Waals surface area contributed by atoms with Crippen LogP contribution in [0.2, 0.25) is 0 Å². The van der Waals surface area contributed by atoms with Crippen molar-refractivity contribution in [1.82, 2.24) is 0 Å². The Morgan fingerprint density at radius 2 is 1.64 bits per heavy atom. The van der Waals surface area contributed by atoms with Gasteiger partial charge in [-0.15, -0.1) is 0 Å². The Bertz CT molecular complexity index is 334. The first-order chi connectivity index (χ1) is 12.2. The minimum Gasteiger partial charge on any atom is -0.394 e. The van der Waals surface area contributed by atoms with Crippen LogP contribution in [0.4, 0.5) is 0 Å². The fraction of sp³-hybridized carbons (Fsp3) is 0.900. The van der Waals surface area contributed by atoms with Crippen LogP contribution in [0.5, 0.6) is 0 Å². The van der Waals surface area contributed by atoms with Gasteiger partial charge in [0.1, 0.15) is 24.4 Å². The summed E-state index contributed by atoms with van der Waals surface area (Å²) in [6.07, 6.45) is 13.7. The van der Waals surface area contributed by atoms with Crippen molar-refractivity contribution in [2.45, 2.75) is 95.5 Å². The molecule has 0 unspecified atom stereocenters. The maximum absolute atomic E-state index is 9.78. The molecule has 0 radical (unpaired) electrons. The van der Waals surface area contributed by atoms with Crippen molar-refractivity contribution >= 4 is 0 Å². The topological polar surface area (TPSA) is 79.2 Å². The lowest BCUT2D eigenvalue weighted by atomic mass is 10.1. The highest BCUT2D eigenvalue weighted by atomic mass is 16.6. The fourth-order valence-electron chi connectivity index (χ4n) is 3.12. The van der Waals surface area contributed by atoms with E-state index in [0.29, 0.717) is 6.61 Å². The number of allylic oxidation sites excluding steroid dienone is 1. The Labute approximate surface area is 153 Å². The van der Waals surface area contributed by atoms with E-state index in [4.69, 9.17) is 9.47 Å². The average molecular weight is 359 g/mol. The molecule has 148 valence electrons. The SMILES string of the molecule is CCCCCCCCCC/C=C/CCO[C@@H](CO)[C@H]1OC[C@@H](O)[C@H]1O. The van der Waals surface area contributed by atoms with Crippen molar-refractivity contribution < 1.29 is 24.8 Å². The van der Waals surface area contributed by atoms with E-state index in [9.17, 15) is 15.3 Å². The van der Waals surface area contributed by atoms with Gasteiger partial charge in [0.05, 0.1) is 19.8 Å². The number of hydrogen-bond acceptors (Lipinski definition) is 5. The first-order valence-electron chi connectivity index (χ1n) is 10.1. The van der Waals surface area contributed by atoms with Crippen molar-refractivity contribution in [3.63, 3.8) is 0 Å². The van der Waals surface area contributed by atoms with Crippen molar-refractivity contribution in [3.05, 3.63) is 12.2 Å². The molecule has 1 heterocycles. The third kappa shape index (κ3) is 9.71. The minimum atomic E-state index is -0.991. The van der Waals surface area contributed by atoms with Gasteiger partial charge in [-0.2, -0.15) is 0 Å². The van der Waals surface area contributed by atoms with Crippen LogP contribution in [0, 0.1) is 0 Å². The second kappa shape index (κ2) is 14.7. The van der Waals surface area contributed by atoms with Gasteiger partial charge in [-0.05, 0) is 19.3 Å². The largest absolute Gasteiger partial charge is 0.394 e. The Morgan fingerprint density at radius 3 is 2.24 bits per heavy atom. The second-order valence-electron chi connectivity index (χ2n) is 6.97. The highest BCUT2D eigenvalue weighted by Gasteiger charge is 2.40. The van der Waals surface area contributed by atoms with Crippen LogP contribution in [0.1, 0.15) is 71.1 Å². The van der Waals surface area contributed by atoms with Crippen molar-refractivity contribution in [2.75, 3.05) is 19.8 Å². The van der Waals surface area contributed by atoms with Gasteiger partial charge < -0.3 is 24.8 Å². The molecule has 0 aromatic rings. The predicted molar refractivity (Wildman–Crippen MR) is 99.6 cm³/mol. The molecule has 5 heteroatoms. The van der Waals surface area contributed by atoms with Crippen LogP contribution in [-0.2, 0) is 9.47 Å². The number of ether oxygens (including phenoxy) is 2. The summed E-state index contributed by atoms with van der Waals surface area (Å²) < 4.78 is 10.9. The molecule has 0 aliphatic carbocycles. The van der Waals surface area contributed by atoms with E-state index in [-0.39, 0.29) is 13.2 Å². The summed E-state index contributed by atoms with van der Waals surface area (Å²) in [5.41, 5.74) is 0. The van der Waals surface area contributed by atoms with E-state index in [1.54, 1.807) is 0 Å². The highest BCUT2D eigenvalue weighted by Crippen LogP contribution is 2.19. The van der Waals surface area contributed by atoms with Gasteiger partial charge in [0.15, 0.2) is 0 Å². The average Bonchev–Trinajstić information content (AvgIpc) is 2.95. The van der Waals surface area contributed by atoms with Gasteiger partial charge in [0.25, 0.3) is 0 Å². The van der Waals surface area contributed by atoms with Crippen molar-refractivity contribution in [3.8, 4) is 0 Å². The third-order valence-corrected chi connectivity index (χ3v) is 4.74. The fourth-order valence-corrected chi connectivity index (χ4v) is 3.12. The standard InChI is InChI=1S/C20H38O5/c1-2-3-4-5-6-7-8-9-10-11-12-13-14-24-18(15-21)20-19(23)17(22)16-25-20/h11-12,17-23H,2-10,13-16H2,1H3/b12-11+/t17-,18+,19-,20-/m1/s1. The minimum absolute atomic E-state index is 0.0875. The summed E-state index contributed by atoms with van der Waals surface area (Å²) in [5, 5.41) is 28.6. The number of aliphatic hydroxyl groups is 3. The molecule has 3 N–H and O–H groups in total. The van der Waals surface area contributed by atoms with Crippen LogP contribution in [0.25, 0.3) is 0 Å². The summed E-state index contributed by atoms with van der Waals surface area (Å²) >= 11 is 0. The molecule has 1 aliphatic rings. The second-order valence-corrected chi connectivity index (χ2v) is 6.97. The lowest BCUT2D eigenvalue weighted by Gasteiger charge is -2.24. The summed E-state index contributed by atoms with van der Waals surface area (Å²) in [5.74, 6) is 0. The molecule has 1 saturated heterocycles. The highest BCUT2D eigenvalue weighted by molar-refractivity contribution is 4.89. The molecular weight excluding hydrogens is 320 g/mol. The van der Waals surface area contributed by atoms with E-state index in [0.717, 1.165) is 12.8 Å². The van der Waals surface area contributed by atoms with E-state index in [1.807, 2.05) is 0 Å². The molecule has 1 fully saturated rings. The number of rotatable bonds is 15. The molecule has 25 heavy (non-hydrogen) atoms. The Morgan fingerprint density at radius 1 is 1.00 bits per heavy atom. The van der Waals surface area contributed by atoms with Crippen molar-refractivity contribution in [1.29, 1.82) is 0 Å². The van der Waals surface area contributed by atoms with E-state index in [1.165, 1.54) is 51.4 Å². The Balaban J connectivity index is 1.97. The van der Waals surface area contributed by atoms with E-state index in [2.05, 4.69) is 19.1 Å². The molecular formula is C20H38O5. The molecule has 0 spiro atoms. The normalized spacial score (nSPS) is 25.0. The zero-order valence-electron chi connectivity index (χ0n) is 15.8. The molecule has 4 atom stereocenters. The van der Waals surface area contributed by atoms with Gasteiger partial charge in [-0.1, -0.05) is 64.0 Å². The zero-order chi connectivity index (χ0) is 18.3. The van der Waals surface area contributed by atoms with Crippen molar-refractivity contribution in [2.24, 2.45) is 0 Å². The Kier molecular flexibility index (Phi) is 13.3. The zero-order valence-corrected chi connectivity index (χ0v) is 15.8. The molecule has 1 rings (SSSR count).